The van der Waals surface area contributed by atoms with Gasteiger partial charge in [0.15, 0.2) is 0 Å². The minimum atomic E-state index is -0.201. The molecule has 0 saturated heterocycles. The molecule has 0 radical (unpaired) electrons. The summed E-state index contributed by atoms with van der Waals surface area (Å²) in [6.07, 6.45) is 1.93. The Balaban J connectivity index is 1.66. The molecule has 0 unspecified atom stereocenters. The molecule has 0 heterocycles. The molecule has 0 bridgehead atoms. The van der Waals surface area contributed by atoms with Gasteiger partial charge in [-0.1, -0.05) is 15.9 Å². The van der Waals surface area contributed by atoms with E-state index in [1.165, 1.54) is 0 Å². The van der Waals surface area contributed by atoms with Crippen LogP contribution >= 0.6 is 31.9 Å². The first-order valence-corrected chi connectivity index (χ1v) is 8.79. The molecule has 2 amide bonds. The van der Waals surface area contributed by atoms with Gasteiger partial charge in [0.05, 0.1) is 5.69 Å². The first kappa shape index (κ1) is 16.2. The number of anilines is 2. The van der Waals surface area contributed by atoms with Gasteiger partial charge < -0.3 is 10.6 Å². The zero-order valence-corrected chi connectivity index (χ0v) is 15.3. The molecule has 0 spiro atoms. The number of rotatable bonds is 4. The molecule has 3 rings (SSSR count). The maximum Gasteiger partial charge on any atom is 0.255 e. The van der Waals surface area contributed by atoms with Crippen LogP contribution in [0.3, 0.4) is 0 Å². The first-order chi connectivity index (χ1) is 11.0. The van der Waals surface area contributed by atoms with E-state index in [4.69, 9.17) is 0 Å². The Morgan fingerprint density at radius 1 is 0.957 bits per heavy atom. The van der Waals surface area contributed by atoms with E-state index in [0.717, 1.165) is 21.8 Å². The maximum atomic E-state index is 12.3. The molecular weight excluding hydrogens is 424 g/mol. The Morgan fingerprint density at radius 2 is 1.65 bits per heavy atom. The van der Waals surface area contributed by atoms with Crippen LogP contribution in [0.1, 0.15) is 23.2 Å². The van der Waals surface area contributed by atoms with E-state index in [-0.39, 0.29) is 17.7 Å². The summed E-state index contributed by atoms with van der Waals surface area (Å²) in [4.78, 5) is 24.0. The number of carbonyl (C=O) groups is 2. The van der Waals surface area contributed by atoms with Crippen LogP contribution in [-0.2, 0) is 4.79 Å². The number of benzene rings is 2. The summed E-state index contributed by atoms with van der Waals surface area (Å²) in [6, 6.07) is 12.4. The van der Waals surface area contributed by atoms with Crippen LogP contribution in [0.4, 0.5) is 11.4 Å². The zero-order chi connectivity index (χ0) is 16.4. The van der Waals surface area contributed by atoms with Gasteiger partial charge in [-0.25, -0.2) is 0 Å². The minimum Gasteiger partial charge on any atom is -0.326 e. The molecule has 1 saturated carbocycles. The van der Waals surface area contributed by atoms with Gasteiger partial charge in [-0.2, -0.15) is 0 Å². The van der Waals surface area contributed by atoms with E-state index >= 15 is 0 Å². The standard InChI is InChI=1S/C17H14Br2N2O2/c18-12-5-8-15(14(19)9-12)21-17(23)11-3-6-13(7-4-11)20-16(22)10-1-2-10/h3-10H,1-2H2,(H,20,22)(H,21,23). The van der Waals surface area contributed by atoms with Gasteiger partial charge in [0.2, 0.25) is 5.91 Å². The van der Waals surface area contributed by atoms with Crippen molar-refractivity contribution in [3.8, 4) is 0 Å². The van der Waals surface area contributed by atoms with Crippen LogP contribution in [-0.4, -0.2) is 11.8 Å². The number of amides is 2. The quantitative estimate of drug-likeness (QED) is 0.720. The predicted molar refractivity (Wildman–Crippen MR) is 97.6 cm³/mol. The molecule has 118 valence electrons. The Kier molecular flexibility index (Phi) is 4.82. The summed E-state index contributed by atoms with van der Waals surface area (Å²) < 4.78 is 1.73. The van der Waals surface area contributed by atoms with Crippen LogP contribution in [0.2, 0.25) is 0 Å². The summed E-state index contributed by atoms with van der Waals surface area (Å²) in [5.74, 6) is 0.0156. The summed E-state index contributed by atoms with van der Waals surface area (Å²) >= 11 is 6.79. The smallest absolute Gasteiger partial charge is 0.255 e. The molecule has 2 aromatic carbocycles. The number of carbonyl (C=O) groups excluding carboxylic acids is 2. The Labute approximate surface area is 150 Å². The molecule has 1 fully saturated rings. The van der Waals surface area contributed by atoms with Crippen LogP contribution in [0.25, 0.3) is 0 Å². The molecule has 1 aliphatic rings. The maximum absolute atomic E-state index is 12.3. The van der Waals surface area contributed by atoms with Crippen molar-refractivity contribution in [1.29, 1.82) is 0 Å². The van der Waals surface area contributed by atoms with Crippen molar-refractivity contribution in [3.05, 3.63) is 57.0 Å². The van der Waals surface area contributed by atoms with Crippen molar-refractivity contribution in [2.24, 2.45) is 5.92 Å². The van der Waals surface area contributed by atoms with E-state index < -0.39 is 0 Å². The molecule has 4 nitrogen and oxygen atoms in total. The van der Waals surface area contributed by atoms with Crippen LogP contribution in [0.15, 0.2) is 51.4 Å². The van der Waals surface area contributed by atoms with Gasteiger partial charge in [-0.3, -0.25) is 9.59 Å². The minimum absolute atomic E-state index is 0.0565. The Hall–Kier alpha value is -1.66. The highest BCUT2D eigenvalue weighted by molar-refractivity contribution is 9.11. The molecule has 2 N–H and O–H groups in total. The number of hydrogen-bond donors (Lipinski definition) is 2. The third kappa shape index (κ3) is 4.20. The van der Waals surface area contributed by atoms with Gasteiger partial charge in [-0.15, -0.1) is 0 Å². The average molecular weight is 438 g/mol. The van der Waals surface area contributed by atoms with Crippen molar-refractivity contribution < 1.29 is 9.59 Å². The van der Waals surface area contributed by atoms with Crippen LogP contribution < -0.4 is 10.6 Å². The highest BCUT2D eigenvalue weighted by atomic mass is 79.9. The van der Waals surface area contributed by atoms with Gasteiger partial charge in [0.25, 0.3) is 5.91 Å². The highest BCUT2D eigenvalue weighted by Crippen LogP contribution is 2.30. The largest absolute Gasteiger partial charge is 0.326 e. The van der Waals surface area contributed by atoms with Gasteiger partial charge >= 0.3 is 0 Å². The number of hydrogen-bond acceptors (Lipinski definition) is 2. The Bertz CT molecular complexity index is 756. The fourth-order valence-corrected chi connectivity index (χ4v) is 3.23. The van der Waals surface area contributed by atoms with Crippen molar-refractivity contribution in [1.82, 2.24) is 0 Å². The monoisotopic (exact) mass is 436 g/mol. The molecule has 6 heteroatoms. The molecule has 2 aromatic rings. The highest BCUT2D eigenvalue weighted by Gasteiger charge is 2.29. The van der Waals surface area contributed by atoms with Crippen molar-refractivity contribution in [2.45, 2.75) is 12.8 Å². The third-order valence-corrected chi connectivity index (χ3v) is 4.69. The Morgan fingerprint density at radius 3 is 2.26 bits per heavy atom. The molecule has 0 atom stereocenters. The number of halogens is 2. The lowest BCUT2D eigenvalue weighted by molar-refractivity contribution is -0.117. The summed E-state index contributed by atoms with van der Waals surface area (Å²) in [6.45, 7) is 0. The fraction of sp³-hybridized carbons (Fsp3) is 0.176. The van der Waals surface area contributed by atoms with Crippen LogP contribution in [0.5, 0.6) is 0 Å². The van der Waals surface area contributed by atoms with Crippen LogP contribution in [0, 0.1) is 5.92 Å². The van der Waals surface area contributed by atoms with Gasteiger partial charge in [0, 0.05) is 26.1 Å². The zero-order valence-electron chi connectivity index (χ0n) is 12.1. The molecule has 23 heavy (non-hydrogen) atoms. The van der Waals surface area contributed by atoms with Gasteiger partial charge in [-0.05, 0) is 71.2 Å². The normalized spacial score (nSPS) is 13.5. The average Bonchev–Trinajstić information content (AvgIpc) is 3.35. The predicted octanol–water partition coefficient (Wildman–Crippen LogP) is 4.81. The second kappa shape index (κ2) is 6.84. The van der Waals surface area contributed by atoms with E-state index in [1.54, 1.807) is 24.3 Å². The first-order valence-electron chi connectivity index (χ1n) is 7.20. The molecule has 0 aliphatic heterocycles. The topological polar surface area (TPSA) is 58.2 Å². The molecular formula is C17H14Br2N2O2. The van der Waals surface area contributed by atoms with Crippen molar-refractivity contribution in [2.75, 3.05) is 10.6 Å². The third-order valence-electron chi connectivity index (χ3n) is 3.54. The van der Waals surface area contributed by atoms with E-state index in [1.807, 2.05) is 18.2 Å². The van der Waals surface area contributed by atoms with Crippen molar-refractivity contribution in [3.63, 3.8) is 0 Å². The summed E-state index contributed by atoms with van der Waals surface area (Å²) in [5, 5.41) is 5.70. The lowest BCUT2D eigenvalue weighted by Gasteiger charge is -2.09. The van der Waals surface area contributed by atoms with Crippen molar-refractivity contribution >= 4 is 55.0 Å². The molecule has 0 aromatic heterocycles. The lowest BCUT2D eigenvalue weighted by Crippen LogP contribution is -2.14. The fourth-order valence-electron chi connectivity index (χ4n) is 2.08. The summed E-state index contributed by atoms with van der Waals surface area (Å²) in [7, 11) is 0. The van der Waals surface area contributed by atoms with E-state index in [9.17, 15) is 9.59 Å². The second-order valence-electron chi connectivity index (χ2n) is 5.42. The van der Waals surface area contributed by atoms with E-state index in [2.05, 4.69) is 42.5 Å². The second-order valence-corrected chi connectivity index (χ2v) is 7.19. The molecule has 1 aliphatic carbocycles. The summed E-state index contributed by atoms with van der Waals surface area (Å²) in [5.41, 5.74) is 1.94. The van der Waals surface area contributed by atoms with Gasteiger partial charge in [0.1, 0.15) is 0 Å². The van der Waals surface area contributed by atoms with E-state index in [0.29, 0.717) is 16.9 Å². The SMILES string of the molecule is O=C(Nc1ccc(Br)cc1Br)c1ccc(NC(=O)C2CC2)cc1. The lowest BCUT2D eigenvalue weighted by atomic mass is 10.2. The number of nitrogens with one attached hydrogen (secondary N) is 2.